The maximum Gasteiger partial charge on any atom is 0.224 e. The molecule has 4 rings (SSSR count). The molecule has 1 saturated carbocycles. The van der Waals surface area contributed by atoms with Gasteiger partial charge in [-0.2, -0.15) is 4.98 Å². The minimum absolute atomic E-state index is 0.136. The fourth-order valence-electron chi connectivity index (χ4n) is 4.98. The van der Waals surface area contributed by atoms with Crippen LogP contribution in [0.2, 0.25) is 0 Å². The van der Waals surface area contributed by atoms with E-state index in [4.69, 9.17) is 4.98 Å². The van der Waals surface area contributed by atoms with Crippen molar-refractivity contribution in [3.05, 3.63) is 18.0 Å². The van der Waals surface area contributed by atoms with Crippen molar-refractivity contribution in [1.29, 1.82) is 0 Å². The number of likely N-dealkylation sites (N-methyl/N-ethyl adjacent to an activating group) is 1. The molecule has 1 aliphatic carbocycles. The van der Waals surface area contributed by atoms with Crippen molar-refractivity contribution in [1.82, 2.24) is 19.4 Å². The highest BCUT2D eigenvalue weighted by Gasteiger charge is 2.28. The molecule has 2 aromatic heterocycles. The maximum absolute atomic E-state index is 9.94. The Kier molecular flexibility index (Phi) is 5.88. The van der Waals surface area contributed by atoms with Crippen molar-refractivity contribution in [3.63, 3.8) is 0 Å². The second-order valence-corrected chi connectivity index (χ2v) is 8.97. The number of likely N-dealkylation sites (tertiary alicyclic amines) is 1. The molecule has 154 valence electrons. The fourth-order valence-corrected chi connectivity index (χ4v) is 4.98. The van der Waals surface area contributed by atoms with E-state index in [-0.39, 0.29) is 6.10 Å². The summed E-state index contributed by atoms with van der Waals surface area (Å²) in [6, 6.07) is 0.799. The summed E-state index contributed by atoms with van der Waals surface area (Å²) in [5.74, 6) is 1.29. The van der Waals surface area contributed by atoms with Crippen molar-refractivity contribution in [3.8, 4) is 0 Å². The predicted octanol–water partition coefficient (Wildman–Crippen LogP) is 3.93. The van der Waals surface area contributed by atoms with Crippen molar-refractivity contribution < 1.29 is 5.11 Å². The molecule has 0 aromatic carbocycles. The van der Waals surface area contributed by atoms with Crippen LogP contribution in [0.15, 0.2) is 12.4 Å². The second-order valence-electron chi connectivity index (χ2n) is 8.97. The molecular weight excluding hydrogens is 350 g/mol. The first-order valence-corrected chi connectivity index (χ1v) is 11.1. The molecule has 0 amide bonds. The van der Waals surface area contributed by atoms with Crippen molar-refractivity contribution >= 4 is 17.0 Å². The zero-order chi connectivity index (χ0) is 19.7. The Morgan fingerprint density at radius 3 is 2.71 bits per heavy atom. The van der Waals surface area contributed by atoms with Crippen LogP contribution in [0.5, 0.6) is 0 Å². The summed E-state index contributed by atoms with van der Waals surface area (Å²) in [5.41, 5.74) is 2.46. The molecule has 28 heavy (non-hydrogen) atoms. The number of fused-ring (bicyclic) bond motifs is 1. The molecule has 0 spiro atoms. The lowest BCUT2D eigenvalue weighted by Crippen LogP contribution is -2.21. The smallest absolute Gasteiger partial charge is 0.224 e. The van der Waals surface area contributed by atoms with E-state index < -0.39 is 0 Å². The molecule has 0 bridgehead atoms. The zero-order valence-electron chi connectivity index (χ0n) is 17.6. The fraction of sp³-hybridized carbons (Fsp3) is 0.727. The van der Waals surface area contributed by atoms with E-state index in [1.807, 2.05) is 6.20 Å². The molecule has 2 atom stereocenters. The third-order valence-electron chi connectivity index (χ3n) is 6.59. The lowest BCUT2D eigenvalue weighted by Gasteiger charge is -2.27. The average Bonchev–Trinajstić information content (AvgIpc) is 3.26. The van der Waals surface area contributed by atoms with E-state index >= 15 is 0 Å². The van der Waals surface area contributed by atoms with Gasteiger partial charge in [0.2, 0.25) is 5.95 Å². The van der Waals surface area contributed by atoms with E-state index in [1.54, 1.807) is 0 Å². The van der Waals surface area contributed by atoms with Gasteiger partial charge in [-0.3, -0.25) is 0 Å². The number of nitrogens with one attached hydrogen (secondary N) is 1. The van der Waals surface area contributed by atoms with E-state index in [2.05, 4.69) is 46.9 Å². The Balaban J connectivity index is 1.69. The lowest BCUT2D eigenvalue weighted by atomic mass is 9.93. The third-order valence-corrected chi connectivity index (χ3v) is 6.59. The van der Waals surface area contributed by atoms with Gasteiger partial charge in [0.15, 0.2) is 0 Å². The molecule has 2 aromatic rings. The number of nitrogens with zero attached hydrogens (tertiary/aromatic N) is 4. The number of hydrogen-bond acceptors (Lipinski definition) is 5. The molecule has 3 heterocycles. The van der Waals surface area contributed by atoms with E-state index in [9.17, 15) is 5.11 Å². The molecule has 2 aliphatic rings. The number of aromatic nitrogens is 3. The zero-order valence-corrected chi connectivity index (χ0v) is 17.6. The first-order valence-electron chi connectivity index (χ1n) is 11.1. The summed E-state index contributed by atoms with van der Waals surface area (Å²) >= 11 is 0. The Morgan fingerprint density at radius 2 is 2.04 bits per heavy atom. The van der Waals surface area contributed by atoms with Gasteiger partial charge >= 0.3 is 0 Å². The minimum Gasteiger partial charge on any atom is -0.393 e. The highest BCUT2D eigenvalue weighted by molar-refractivity contribution is 5.81. The molecule has 6 heteroatoms. The Bertz CT molecular complexity index is 796. The van der Waals surface area contributed by atoms with E-state index in [1.165, 1.54) is 17.4 Å². The first kappa shape index (κ1) is 19.6. The molecule has 1 aliphatic heterocycles. The summed E-state index contributed by atoms with van der Waals surface area (Å²) in [6.07, 6.45) is 11.5. The van der Waals surface area contributed by atoms with Gasteiger partial charge < -0.3 is 19.9 Å². The van der Waals surface area contributed by atoms with Gasteiger partial charge in [-0.05, 0) is 64.6 Å². The summed E-state index contributed by atoms with van der Waals surface area (Å²) in [7, 11) is 2.20. The minimum atomic E-state index is -0.136. The lowest BCUT2D eigenvalue weighted by molar-refractivity contribution is 0.111. The molecule has 2 fully saturated rings. The number of hydrogen-bond donors (Lipinski definition) is 2. The highest BCUT2D eigenvalue weighted by atomic mass is 16.3. The first-order chi connectivity index (χ1) is 13.5. The van der Waals surface area contributed by atoms with Crippen molar-refractivity contribution in [2.24, 2.45) is 0 Å². The van der Waals surface area contributed by atoms with Crippen molar-refractivity contribution in [2.75, 3.05) is 25.5 Å². The number of anilines is 1. The van der Waals surface area contributed by atoms with Gasteiger partial charge in [0.25, 0.3) is 0 Å². The molecular formula is C22H35N5O. The monoisotopic (exact) mass is 385 g/mol. The largest absolute Gasteiger partial charge is 0.393 e. The number of aliphatic hydroxyl groups is 1. The van der Waals surface area contributed by atoms with Crippen LogP contribution in [0.25, 0.3) is 11.0 Å². The van der Waals surface area contributed by atoms with Crippen LogP contribution in [0.4, 0.5) is 5.95 Å². The molecule has 0 unspecified atom stereocenters. The molecule has 0 radical (unpaired) electrons. The van der Waals surface area contributed by atoms with Crippen LogP contribution in [0.3, 0.4) is 0 Å². The van der Waals surface area contributed by atoms with Crippen LogP contribution in [-0.4, -0.2) is 56.8 Å². The van der Waals surface area contributed by atoms with Crippen molar-refractivity contribution in [2.45, 2.75) is 82.9 Å². The van der Waals surface area contributed by atoms with Crippen LogP contribution >= 0.6 is 0 Å². The predicted molar refractivity (Wildman–Crippen MR) is 114 cm³/mol. The Labute approximate surface area is 168 Å². The molecule has 6 nitrogen and oxygen atoms in total. The second kappa shape index (κ2) is 8.37. The van der Waals surface area contributed by atoms with Gasteiger partial charge in [-0.25, -0.2) is 4.98 Å². The normalized spacial score (nSPS) is 27.4. The summed E-state index contributed by atoms with van der Waals surface area (Å²) in [6.45, 7) is 6.66. The summed E-state index contributed by atoms with van der Waals surface area (Å²) < 4.78 is 2.40. The summed E-state index contributed by atoms with van der Waals surface area (Å²) in [4.78, 5) is 12.0. The van der Waals surface area contributed by atoms with Gasteiger partial charge in [-0.1, -0.05) is 13.3 Å². The van der Waals surface area contributed by atoms with Crippen LogP contribution in [0, 0.1) is 0 Å². The quantitative estimate of drug-likeness (QED) is 0.789. The number of rotatable bonds is 6. The maximum atomic E-state index is 9.94. The third kappa shape index (κ3) is 4.03. The van der Waals surface area contributed by atoms with E-state index in [0.29, 0.717) is 18.0 Å². The Hall–Kier alpha value is -1.66. The van der Waals surface area contributed by atoms with Crippen LogP contribution in [-0.2, 0) is 0 Å². The highest BCUT2D eigenvalue weighted by Crippen LogP contribution is 2.37. The topological polar surface area (TPSA) is 66.2 Å². The van der Waals surface area contributed by atoms with Gasteiger partial charge in [-0.15, -0.1) is 0 Å². The summed E-state index contributed by atoms with van der Waals surface area (Å²) in [5, 5.41) is 14.6. The van der Waals surface area contributed by atoms with Gasteiger partial charge in [0, 0.05) is 42.3 Å². The van der Waals surface area contributed by atoms with E-state index in [0.717, 1.165) is 63.2 Å². The van der Waals surface area contributed by atoms with Gasteiger partial charge in [0.05, 0.1) is 6.10 Å². The van der Waals surface area contributed by atoms with Crippen LogP contribution < -0.4 is 5.32 Å². The van der Waals surface area contributed by atoms with Gasteiger partial charge in [0.1, 0.15) is 5.65 Å². The molecule has 1 saturated heterocycles. The van der Waals surface area contributed by atoms with Crippen LogP contribution in [0.1, 0.15) is 76.3 Å². The standard InChI is InChI=1S/C22H35N5O/c1-4-5-15(2)24-22-23-12-19-20(16-10-11-26(3)13-16)14-27(21(19)25-22)17-6-8-18(28)9-7-17/h12,14-18,28H,4-11,13H2,1-3H3,(H,23,24,25)/t15-,16+,17?,18?/m0/s1. The Morgan fingerprint density at radius 1 is 1.25 bits per heavy atom. The SMILES string of the molecule is CCC[C@H](C)Nc1ncc2c([C@@H]3CCN(C)C3)cn(C3CCC(O)CC3)c2n1. The molecule has 2 N–H and O–H groups in total. The average molecular weight is 386 g/mol. The number of aliphatic hydroxyl groups excluding tert-OH is 1.